The second-order valence-electron chi connectivity index (χ2n) is 3.49. The van der Waals surface area contributed by atoms with Gasteiger partial charge in [-0.25, -0.2) is 9.37 Å². The van der Waals surface area contributed by atoms with Crippen molar-refractivity contribution in [2.75, 3.05) is 0 Å². The predicted molar refractivity (Wildman–Crippen MR) is 60.7 cm³/mol. The minimum Gasteiger partial charge on any atom is -0.439 e. The summed E-state index contributed by atoms with van der Waals surface area (Å²) in [6.45, 7) is 1.47. The van der Waals surface area contributed by atoms with E-state index in [1.54, 1.807) is 12.1 Å². The number of Topliss-reactive ketones (excluding diaryl/α,β-unsaturated/α-hetero) is 1. The zero-order valence-corrected chi connectivity index (χ0v) is 9.18. The van der Waals surface area contributed by atoms with E-state index in [1.165, 1.54) is 37.4 Å². The van der Waals surface area contributed by atoms with E-state index in [1.807, 2.05) is 0 Å². The van der Waals surface area contributed by atoms with Gasteiger partial charge in [-0.3, -0.25) is 4.79 Å². The number of hydrogen-bond acceptors (Lipinski definition) is 3. The Morgan fingerprint density at radius 1 is 1.24 bits per heavy atom. The van der Waals surface area contributed by atoms with Gasteiger partial charge in [0.2, 0.25) is 5.88 Å². The molecule has 2 rings (SSSR count). The van der Waals surface area contributed by atoms with Crippen LogP contribution in [0.15, 0.2) is 42.6 Å². The lowest BCUT2D eigenvalue weighted by atomic mass is 10.2. The molecular weight excluding hydrogens is 221 g/mol. The maximum atomic E-state index is 12.7. The Morgan fingerprint density at radius 3 is 2.59 bits per heavy atom. The van der Waals surface area contributed by atoms with E-state index in [4.69, 9.17) is 4.74 Å². The zero-order chi connectivity index (χ0) is 12.3. The van der Waals surface area contributed by atoms with Gasteiger partial charge in [0.05, 0.1) is 0 Å². The van der Waals surface area contributed by atoms with Crippen molar-refractivity contribution in [2.24, 2.45) is 0 Å². The van der Waals surface area contributed by atoms with Crippen LogP contribution in [0.25, 0.3) is 0 Å². The maximum absolute atomic E-state index is 12.7. The van der Waals surface area contributed by atoms with Gasteiger partial charge in [0.25, 0.3) is 0 Å². The molecule has 0 aliphatic heterocycles. The molecule has 0 unspecified atom stereocenters. The highest BCUT2D eigenvalue weighted by Gasteiger charge is 2.03. The normalized spacial score (nSPS) is 10.0. The quantitative estimate of drug-likeness (QED) is 0.761. The minimum atomic E-state index is -0.331. The van der Waals surface area contributed by atoms with Crippen molar-refractivity contribution in [2.45, 2.75) is 6.92 Å². The third-order valence-corrected chi connectivity index (χ3v) is 2.18. The van der Waals surface area contributed by atoms with Gasteiger partial charge in [0.1, 0.15) is 11.6 Å². The maximum Gasteiger partial charge on any atom is 0.219 e. The molecule has 4 heteroatoms. The first-order chi connectivity index (χ1) is 8.15. The summed E-state index contributed by atoms with van der Waals surface area (Å²) in [7, 11) is 0. The smallest absolute Gasteiger partial charge is 0.219 e. The van der Waals surface area contributed by atoms with Crippen LogP contribution in [0.2, 0.25) is 0 Å². The number of aromatic nitrogens is 1. The molecule has 2 aromatic rings. The molecule has 0 amide bonds. The van der Waals surface area contributed by atoms with Gasteiger partial charge in [0, 0.05) is 17.8 Å². The van der Waals surface area contributed by atoms with Crippen LogP contribution in [-0.4, -0.2) is 10.8 Å². The van der Waals surface area contributed by atoms with E-state index in [2.05, 4.69) is 4.98 Å². The van der Waals surface area contributed by atoms with Crippen molar-refractivity contribution in [3.8, 4) is 11.6 Å². The molecule has 1 aromatic heterocycles. The number of rotatable bonds is 3. The Labute approximate surface area is 97.9 Å². The standard InChI is InChI=1S/C13H10FNO2/c1-9(16)10-6-7-15-13(8-10)17-12-4-2-11(14)3-5-12/h2-8H,1H3. The number of carbonyl (C=O) groups is 1. The Kier molecular flexibility index (Phi) is 3.14. The van der Waals surface area contributed by atoms with Crippen molar-refractivity contribution in [1.82, 2.24) is 4.98 Å². The number of pyridine rings is 1. The van der Waals surface area contributed by atoms with Crippen LogP contribution in [0, 0.1) is 5.82 Å². The summed E-state index contributed by atoms with van der Waals surface area (Å²) in [6, 6.07) is 8.74. The summed E-state index contributed by atoms with van der Waals surface area (Å²) in [6.07, 6.45) is 1.50. The molecular formula is C13H10FNO2. The van der Waals surface area contributed by atoms with Gasteiger partial charge in [-0.2, -0.15) is 0 Å². The number of halogens is 1. The summed E-state index contributed by atoms with van der Waals surface area (Å²) < 4.78 is 18.1. The molecule has 0 aliphatic carbocycles. The summed E-state index contributed by atoms with van der Waals surface area (Å²) in [5.74, 6) is 0.392. The van der Waals surface area contributed by atoms with Crippen molar-refractivity contribution >= 4 is 5.78 Å². The largest absolute Gasteiger partial charge is 0.439 e. The molecule has 0 bridgehead atoms. The fourth-order valence-electron chi connectivity index (χ4n) is 1.31. The average molecular weight is 231 g/mol. The van der Waals surface area contributed by atoms with Crippen LogP contribution >= 0.6 is 0 Å². The molecule has 17 heavy (non-hydrogen) atoms. The number of nitrogens with zero attached hydrogens (tertiary/aromatic N) is 1. The Morgan fingerprint density at radius 2 is 1.94 bits per heavy atom. The average Bonchev–Trinajstić information content (AvgIpc) is 2.32. The van der Waals surface area contributed by atoms with Gasteiger partial charge in [-0.1, -0.05) is 0 Å². The lowest BCUT2D eigenvalue weighted by Gasteiger charge is -2.05. The van der Waals surface area contributed by atoms with E-state index >= 15 is 0 Å². The first-order valence-corrected chi connectivity index (χ1v) is 5.05. The SMILES string of the molecule is CC(=O)c1ccnc(Oc2ccc(F)cc2)c1. The second-order valence-corrected chi connectivity index (χ2v) is 3.49. The Balaban J connectivity index is 2.21. The highest BCUT2D eigenvalue weighted by molar-refractivity contribution is 5.94. The molecule has 0 aliphatic rings. The van der Waals surface area contributed by atoms with Crippen LogP contribution < -0.4 is 4.74 Å². The number of benzene rings is 1. The molecule has 0 N–H and O–H groups in total. The lowest BCUT2D eigenvalue weighted by molar-refractivity contribution is 0.101. The molecule has 1 aromatic carbocycles. The highest BCUT2D eigenvalue weighted by atomic mass is 19.1. The van der Waals surface area contributed by atoms with Gasteiger partial charge < -0.3 is 4.74 Å². The van der Waals surface area contributed by atoms with Crippen LogP contribution in [0.4, 0.5) is 4.39 Å². The number of carbonyl (C=O) groups excluding carboxylic acids is 1. The van der Waals surface area contributed by atoms with Crippen molar-refractivity contribution < 1.29 is 13.9 Å². The van der Waals surface area contributed by atoms with Gasteiger partial charge in [0.15, 0.2) is 5.78 Å². The van der Waals surface area contributed by atoms with Crippen LogP contribution in [0.3, 0.4) is 0 Å². The molecule has 0 saturated heterocycles. The Bertz CT molecular complexity index is 537. The summed E-state index contributed by atoms with van der Waals surface area (Å²) in [4.78, 5) is 15.1. The van der Waals surface area contributed by atoms with E-state index in [0.717, 1.165) is 0 Å². The lowest BCUT2D eigenvalue weighted by Crippen LogP contribution is -1.94. The molecule has 86 valence electrons. The fraction of sp³-hybridized carbons (Fsp3) is 0.0769. The number of ether oxygens (including phenoxy) is 1. The predicted octanol–water partition coefficient (Wildman–Crippen LogP) is 3.22. The van der Waals surface area contributed by atoms with Crippen LogP contribution in [-0.2, 0) is 0 Å². The summed E-state index contributed by atoms with van der Waals surface area (Å²) in [5, 5.41) is 0. The van der Waals surface area contributed by atoms with Crippen LogP contribution in [0.1, 0.15) is 17.3 Å². The van der Waals surface area contributed by atoms with E-state index in [-0.39, 0.29) is 11.6 Å². The van der Waals surface area contributed by atoms with E-state index in [9.17, 15) is 9.18 Å². The van der Waals surface area contributed by atoms with Crippen LogP contribution in [0.5, 0.6) is 11.6 Å². The third kappa shape index (κ3) is 2.87. The van der Waals surface area contributed by atoms with Crippen molar-refractivity contribution in [3.05, 3.63) is 54.0 Å². The number of ketones is 1. The van der Waals surface area contributed by atoms with E-state index in [0.29, 0.717) is 17.2 Å². The summed E-state index contributed by atoms with van der Waals surface area (Å²) >= 11 is 0. The molecule has 1 heterocycles. The van der Waals surface area contributed by atoms with Gasteiger partial charge in [-0.05, 0) is 37.3 Å². The first-order valence-electron chi connectivity index (χ1n) is 5.05. The topological polar surface area (TPSA) is 39.2 Å². The fourth-order valence-corrected chi connectivity index (χ4v) is 1.31. The van der Waals surface area contributed by atoms with Crippen molar-refractivity contribution in [1.29, 1.82) is 0 Å². The second kappa shape index (κ2) is 4.74. The minimum absolute atomic E-state index is 0.0589. The van der Waals surface area contributed by atoms with Gasteiger partial charge in [-0.15, -0.1) is 0 Å². The van der Waals surface area contributed by atoms with Gasteiger partial charge >= 0.3 is 0 Å². The highest BCUT2D eigenvalue weighted by Crippen LogP contribution is 2.20. The Hall–Kier alpha value is -2.23. The zero-order valence-electron chi connectivity index (χ0n) is 9.18. The molecule has 0 radical (unpaired) electrons. The first kappa shape index (κ1) is 11.3. The molecule has 0 saturated carbocycles. The summed E-state index contributed by atoms with van der Waals surface area (Å²) in [5.41, 5.74) is 0.525. The van der Waals surface area contributed by atoms with Crippen molar-refractivity contribution in [3.63, 3.8) is 0 Å². The third-order valence-electron chi connectivity index (χ3n) is 2.18. The molecule has 3 nitrogen and oxygen atoms in total. The van der Waals surface area contributed by atoms with E-state index < -0.39 is 0 Å². The molecule has 0 atom stereocenters. The molecule has 0 fully saturated rings. The molecule has 0 spiro atoms. The monoisotopic (exact) mass is 231 g/mol. The number of hydrogen-bond donors (Lipinski definition) is 0.